The number of nitrogens with zero attached hydrogens (tertiary/aromatic N) is 2. The Morgan fingerprint density at radius 3 is 2.79 bits per heavy atom. The Balaban J connectivity index is 1.39. The topological polar surface area (TPSA) is 82.7 Å². The van der Waals surface area contributed by atoms with Crippen molar-refractivity contribution in [2.24, 2.45) is 0 Å². The number of hydrogen-bond acceptors (Lipinski definition) is 4. The zero-order valence-electron chi connectivity index (χ0n) is 15.6. The first-order valence-corrected chi connectivity index (χ1v) is 9.19. The summed E-state index contributed by atoms with van der Waals surface area (Å²) in [5.41, 5.74) is 4.47. The number of carbonyl (C=O) groups excluding carboxylic acids is 1. The molecule has 28 heavy (non-hydrogen) atoms. The first kappa shape index (κ1) is 17.7. The maximum absolute atomic E-state index is 12.5. The van der Waals surface area contributed by atoms with E-state index < -0.39 is 0 Å². The molecule has 140 valence electrons. The first-order chi connectivity index (χ1) is 13.7. The summed E-state index contributed by atoms with van der Waals surface area (Å²) >= 11 is 0. The van der Waals surface area contributed by atoms with Crippen molar-refractivity contribution in [2.45, 2.75) is 13.3 Å². The number of aromatic amines is 1. The van der Waals surface area contributed by atoms with Gasteiger partial charge in [-0.15, -0.1) is 0 Å². The van der Waals surface area contributed by atoms with E-state index in [9.17, 15) is 4.79 Å². The Labute approximate surface area is 163 Å². The molecule has 2 heterocycles. The van der Waals surface area contributed by atoms with Crippen molar-refractivity contribution in [2.75, 3.05) is 17.2 Å². The summed E-state index contributed by atoms with van der Waals surface area (Å²) in [5, 5.41) is 7.31. The molecule has 0 unspecified atom stereocenters. The van der Waals surface area contributed by atoms with Gasteiger partial charge >= 0.3 is 0 Å². The molecule has 2 aromatic carbocycles. The summed E-state index contributed by atoms with van der Waals surface area (Å²) in [7, 11) is 0. The lowest BCUT2D eigenvalue weighted by atomic mass is 10.1. The molecule has 0 aliphatic heterocycles. The molecule has 0 aliphatic carbocycles. The zero-order valence-corrected chi connectivity index (χ0v) is 15.6. The Bertz CT molecular complexity index is 1120. The van der Waals surface area contributed by atoms with E-state index in [1.807, 2.05) is 49.5 Å². The number of H-pyrrole nitrogens is 1. The smallest absolute Gasteiger partial charge is 0.274 e. The molecule has 0 spiro atoms. The second-order valence-corrected chi connectivity index (χ2v) is 6.57. The summed E-state index contributed by atoms with van der Waals surface area (Å²) in [6, 6.07) is 17.5. The highest BCUT2D eigenvalue weighted by Gasteiger charge is 2.10. The predicted octanol–water partition coefficient (Wildman–Crippen LogP) is 4.17. The van der Waals surface area contributed by atoms with Crippen molar-refractivity contribution in [3.05, 3.63) is 83.8 Å². The van der Waals surface area contributed by atoms with Gasteiger partial charge in [-0.25, -0.2) is 9.97 Å². The van der Waals surface area contributed by atoms with Crippen molar-refractivity contribution in [1.82, 2.24) is 15.0 Å². The lowest BCUT2D eigenvalue weighted by molar-refractivity contribution is 0.102. The van der Waals surface area contributed by atoms with Crippen molar-refractivity contribution >= 4 is 28.4 Å². The number of aryl methyl sites for hydroxylation is 1. The summed E-state index contributed by atoms with van der Waals surface area (Å²) in [6.07, 6.45) is 4.44. The van der Waals surface area contributed by atoms with Crippen LogP contribution < -0.4 is 10.6 Å². The minimum atomic E-state index is -0.253. The fourth-order valence-corrected chi connectivity index (χ4v) is 3.12. The van der Waals surface area contributed by atoms with E-state index in [1.54, 1.807) is 12.3 Å². The number of nitrogens with one attached hydrogen (secondary N) is 3. The molecular weight excluding hydrogens is 350 g/mol. The van der Waals surface area contributed by atoms with Crippen LogP contribution in [0, 0.1) is 6.92 Å². The molecule has 4 rings (SSSR count). The number of aromatic nitrogens is 3. The van der Waals surface area contributed by atoms with Gasteiger partial charge in [0.1, 0.15) is 5.69 Å². The number of amides is 1. The van der Waals surface area contributed by atoms with Crippen LogP contribution in [0.1, 0.15) is 21.6 Å². The molecule has 0 atom stereocenters. The molecule has 3 N–H and O–H groups in total. The van der Waals surface area contributed by atoms with Crippen LogP contribution in [0.5, 0.6) is 0 Å². The van der Waals surface area contributed by atoms with E-state index in [0.717, 1.165) is 23.2 Å². The van der Waals surface area contributed by atoms with Gasteiger partial charge in [0, 0.05) is 35.5 Å². The highest BCUT2D eigenvalue weighted by atomic mass is 16.1. The normalized spacial score (nSPS) is 10.8. The average Bonchev–Trinajstić information content (AvgIpc) is 3.13. The molecule has 2 aromatic heterocycles. The quantitative estimate of drug-likeness (QED) is 0.475. The molecular formula is C22H21N5O. The zero-order chi connectivity index (χ0) is 19.3. The van der Waals surface area contributed by atoms with Crippen molar-refractivity contribution in [3.8, 4) is 0 Å². The van der Waals surface area contributed by atoms with E-state index in [2.05, 4.69) is 37.7 Å². The van der Waals surface area contributed by atoms with E-state index >= 15 is 0 Å². The summed E-state index contributed by atoms with van der Waals surface area (Å²) in [5.74, 6) is 0.189. The molecule has 0 fully saturated rings. The van der Waals surface area contributed by atoms with Gasteiger partial charge in [-0.1, -0.05) is 36.4 Å². The molecule has 0 saturated carbocycles. The summed E-state index contributed by atoms with van der Waals surface area (Å²) in [4.78, 5) is 24.3. The second kappa shape index (κ2) is 7.92. The second-order valence-electron chi connectivity index (χ2n) is 6.57. The Morgan fingerprint density at radius 1 is 1.07 bits per heavy atom. The van der Waals surface area contributed by atoms with E-state index in [0.29, 0.717) is 18.2 Å². The molecule has 0 aliphatic rings. The van der Waals surface area contributed by atoms with Crippen LogP contribution in [0.4, 0.5) is 11.6 Å². The lowest BCUT2D eigenvalue weighted by Gasteiger charge is -2.09. The average molecular weight is 371 g/mol. The number of carbonyl (C=O) groups is 1. The van der Waals surface area contributed by atoms with Gasteiger partial charge in [0.25, 0.3) is 5.91 Å². The van der Waals surface area contributed by atoms with Gasteiger partial charge in [-0.2, -0.15) is 0 Å². The number of para-hydroxylation sites is 2. The molecule has 0 radical (unpaired) electrons. The van der Waals surface area contributed by atoms with Gasteiger partial charge < -0.3 is 15.6 Å². The van der Waals surface area contributed by atoms with E-state index in [1.165, 1.54) is 10.9 Å². The Kier molecular flexibility index (Phi) is 5.01. The highest BCUT2D eigenvalue weighted by Crippen LogP contribution is 2.18. The maximum atomic E-state index is 12.5. The van der Waals surface area contributed by atoms with Crippen LogP contribution in [0.15, 0.2) is 67.0 Å². The number of anilines is 2. The Morgan fingerprint density at radius 2 is 1.89 bits per heavy atom. The Hall–Kier alpha value is -3.67. The van der Waals surface area contributed by atoms with Gasteiger partial charge in [-0.3, -0.25) is 4.79 Å². The van der Waals surface area contributed by atoms with Crippen LogP contribution in [-0.4, -0.2) is 27.4 Å². The van der Waals surface area contributed by atoms with E-state index in [4.69, 9.17) is 0 Å². The summed E-state index contributed by atoms with van der Waals surface area (Å²) < 4.78 is 0. The van der Waals surface area contributed by atoms with Gasteiger partial charge in [0.15, 0.2) is 0 Å². The molecule has 4 aromatic rings. The number of hydrogen-bond donors (Lipinski definition) is 3. The van der Waals surface area contributed by atoms with Crippen molar-refractivity contribution in [3.63, 3.8) is 0 Å². The highest BCUT2D eigenvalue weighted by molar-refractivity contribution is 6.03. The van der Waals surface area contributed by atoms with E-state index in [-0.39, 0.29) is 5.91 Å². The van der Waals surface area contributed by atoms with Crippen molar-refractivity contribution in [1.29, 1.82) is 0 Å². The lowest BCUT2D eigenvalue weighted by Crippen LogP contribution is -2.16. The van der Waals surface area contributed by atoms with Crippen LogP contribution in [0.25, 0.3) is 10.9 Å². The molecule has 1 amide bonds. The van der Waals surface area contributed by atoms with Gasteiger partial charge in [-0.05, 0) is 42.7 Å². The fraction of sp³-hybridized carbons (Fsp3) is 0.136. The minimum absolute atomic E-state index is 0.253. The van der Waals surface area contributed by atoms with Crippen LogP contribution in [-0.2, 0) is 6.42 Å². The van der Waals surface area contributed by atoms with Crippen LogP contribution in [0.2, 0.25) is 0 Å². The SMILES string of the molecule is Cc1ccccc1NC(=O)c1ccnc(NCCc2c[nH]c3ccccc23)n1. The third-order valence-corrected chi connectivity index (χ3v) is 4.63. The monoisotopic (exact) mass is 371 g/mol. The molecule has 6 nitrogen and oxygen atoms in total. The molecule has 6 heteroatoms. The first-order valence-electron chi connectivity index (χ1n) is 9.19. The molecule has 0 saturated heterocycles. The standard InChI is InChI=1S/C22H21N5O/c1-15-6-2-4-8-18(15)26-21(28)20-11-13-24-22(27-20)23-12-10-16-14-25-19-9-5-3-7-17(16)19/h2-9,11,13-14,25H,10,12H2,1H3,(H,26,28)(H,23,24,27). The van der Waals surface area contributed by atoms with Crippen molar-refractivity contribution < 1.29 is 4.79 Å². The van der Waals surface area contributed by atoms with Crippen LogP contribution >= 0.6 is 0 Å². The van der Waals surface area contributed by atoms with Gasteiger partial charge in [0.05, 0.1) is 0 Å². The maximum Gasteiger partial charge on any atom is 0.274 e. The number of rotatable bonds is 6. The fourth-order valence-electron chi connectivity index (χ4n) is 3.12. The third kappa shape index (κ3) is 3.86. The predicted molar refractivity (Wildman–Crippen MR) is 112 cm³/mol. The molecule has 0 bridgehead atoms. The van der Waals surface area contributed by atoms with Gasteiger partial charge in [0.2, 0.25) is 5.95 Å². The number of fused-ring (bicyclic) bond motifs is 1. The minimum Gasteiger partial charge on any atom is -0.361 e. The summed E-state index contributed by atoms with van der Waals surface area (Å²) in [6.45, 7) is 2.62. The van der Waals surface area contributed by atoms with Crippen LogP contribution in [0.3, 0.4) is 0 Å². The number of benzene rings is 2. The third-order valence-electron chi connectivity index (χ3n) is 4.63. The largest absolute Gasteiger partial charge is 0.361 e.